The third-order valence-electron chi connectivity index (χ3n) is 7.47. The number of aromatic nitrogens is 2. The summed E-state index contributed by atoms with van der Waals surface area (Å²) in [6, 6.07) is 45.8. The van der Waals surface area contributed by atoms with Gasteiger partial charge in [-0.05, 0) is 59.2 Å². The van der Waals surface area contributed by atoms with Gasteiger partial charge < -0.3 is 4.57 Å². The first-order chi connectivity index (χ1) is 18.8. The van der Waals surface area contributed by atoms with E-state index in [-0.39, 0.29) is 0 Å². The molecule has 0 unspecified atom stereocenters. The van der Waals surface area contributed by atoms with Crippen LogP contribution in [0.3, 0.4) is 0 Å². The van der Waals surface area contributed by atoms with Crippen molar-refractivity contribution in [3.63, 3.8) is 0 Å². The second-order valence-corrected chi connectivity index (χ2v) is 10.7. The van der Waals surface area contributed by atoms with Gasteiger partial charge >= 0.3 is 0 Å². The summed E-state index contributed by atoms with van der Waals surface area (Å²) in [4.78, 5) is 4.72. The maximum atomic E-state index is 4.72. The standard InChI is InChI=1S/C35H22N2S/c1-4-13-31-28(10-1)29-11-2-5-14-32(29)37(31)26-18-16-23(17-19-26)24-8-7-9-25(22-24)27-20-21-36-34-30-12-3-6-15-33(30)38-35(27)34/h1-22H. The zero-order chi connectivity index (χ0) is 25.1. The second-order valence-electron chi connectivity index (χ2n) is 9.63. The lowest BCUT2D eigenvalue weighted by Gasteiger charge is -2.10. The number of hydrogen-bond acceptors (Lipinski definition) is 2. The van der Waals surface area contributed by atoms with Gasteiger partial charge in [0.1, 0.15) is 0 Å². The van der Waals surface area contributed by atoms with Crippen molar-refractivity contribution >= 4 is 53.4 Å². The molecule has 8 rings (SSSR count). The summed E-state index contributed by atoms with van der Waals surface area (Å²) in [6.07, 6.45) is 1.93. The van der Waals surface area contributed by atoms with Crippen molar-refractivity contribution in [3.8, 4) is 27.9 Å². The molecule has 0 aliphatic carbocycles. The number of pyridine rings is 1. The van der Waals surface area contributed by atoms with Gasteiger partial charge in [0, 0.05) is 38.3 Å². The summed E-state index contributed by atoms with van der Waals surface area (Å²) >= 11 is 1.82. The van der Waals surface area contributed by atoms with Gasteiger partial charge in [0.25, 0.3) is 0 Å². The van der Waals surface area contributed by atoms with Gasteiger partial charge in [-0.1, -0.05) is 84.9 Å². The number of hydrogen-bond donors (Lipinski definition) is 0. The number of para-hydroxylation sites is 2. The Labute approximate surface area is 224 Å². The molecule has 5 aromatic carbocycles. The maximum Gasteiger partial charge on any atom is 0.0894 e. The molecule has 0 saturated heterocycles. The van der Waals surface area contributed by atoms with Crippen LogP contribution < -0.4 is 0 Å². The Bertz CT molecular complexity index is 2080. The van der Waals surface area contributed by atoms with E-state index in [0.29, 0.717) is 0 Å². The third-order valence-corrected chi connectivity index (χ3v) is 8.66. The zero-order valence-corrected chi connectivity index (χ0v) is 21.3. The number of rotatable bonds is 3. The van der Waals surface area contributed by atoms with Gasteiger partial charge in [0.05, 0.1) is 21.3 Å². The quantitative estimate of drug-likeness (QED) is 0.235. The molecule has 8 aromatic rings. The van der Waals surface area contributed by atoms with Crippen LogP contribution in [0.2, 0.25) is 0 Å². The highest BCUT2D eigenvalue weighted by Gasteiger charge is 2.13. The number of fused-ring (bicyclic) bond motifs is 6. The maximum absolute atomic E-state index is 4.72. The fourth-order valence-electron chi connectivity index (χ4n) is 5.70. The number of nitrogens with zero attached hydrogens (tertiary/aromatic N) is 2. The Morgan fingerprint density at radius 3 is 1.95 bits per heavy atom. The molecular formula is C35H22N2S. The molecule has 0 spiro atoms. The SMILES string of the molecule is c1cc(-c2ccc(-n3c4ccccc4c4ccccc43)cc2)cc(-c2ccnc3c2sc2ccccc23)c1. The highest BCUT2D eigenvalue weighted by atomic mass is 32.1. The summed E-state index contributed by atoms with van der Waals surface area (Å²) in [7, 11) is 0. The van der Waals surface area contributed by atoms with Crippen molar-refractivity contribution < 1.29 is 0 Å². The molecule has 0 bridgehead atoms. The van der Waals surface area contributed by atoms with Crippen molar-refractivity contribution in [3.05, 3.63) is 134 Å². The van der Waals surface area contributed by atoms with E-state index >= 15 is 0 Å². The van der Waals surface area contributed by atoms with E-state index in [1.54, 1.807) is 0 Å². The van der Waals surface area contributed by atoms with E-state index in [4.69, 9.17) is 4.98 Å². The van der Waals surface area contributed by atoms with Crippen LogP contribution in [0.4, 0.5) is 0 Å². The topological polar surface area (TPSA) is 17.8 Å². The fourth-order valence-corrected chi connectivity index (χ4v) is 6.90. The number of thiophene rings is 1. The molecule has 3 aromatic heterocycles. The molecule has 2 nitrogen and oxygen atoms in total. The van der Waals surface area contributed by atoms with Crippen LogP contribution in [0.5, 0.6) is 0 Å². The summed E-state index contributed by atoms with van der Waals surface area (Å²) in [5.74, 6) is 0. The Kier molecular flexibility index (Phi) is 4.73. The Balaban J connectivity index is 1.22. The van der Waals surface area contributed by atoms with Gasteiger partial charge in [-0.15, -0.1) is 11.3 Å². The van der Waals surface area contributed by atoms with E-state index < -0.39 is 0 Å². The lowest BCUT2D eigenvalue weighted by molar-refractivity contribution is 1.18. The van der Waals surface area contributed by atoms with E-state index in [1.807, 2.05) is 17.5 Å². The molecular weight excluding hydrogens is 480 g/mol. The summed E-state index contributed by atoms with van der Waals surface area (Å²) < 4.78 is 4.88. The zero-order valence-electron chi connectivity index (χ0n) is 20.5. The average Bonchev–Trinajstić information content (AvgIpc) is 3.53. The first-order valence-corrected chi connectivity index (χ1v) is 13.6. The second kappa shape index (κ2) is 8.41. The van der Waals surface area contributed by atoms with Crippen molar-refractivity contribution in [2.45, 2.75) is 0 Å². The molecule has 178 valence electrons. The molecule has 0 atom stereocenters. The van der Waals surface area contributed by atoms with Crippen LogP contribution in [0.25, 0.3) is 70.0 Å². The first-order valence-electron chi connectivity index (χ1n) is 12.8. The van der Waals surface area contributed by atoms with Crippen molar-refractivity contribution in [1.29, 1.82) is 0 Å². The van der Waals surface area contributed by atoms with Crippen LogP contribution in [0.15, 0.2) is 134 Å². The Morgan fingerprint density at radius 2 is 1.18 bits per heavy atom. The van der Waals surface area contributed by atoms with Crippen molar-refractivity contribution in [2.24, 2.45) is 0 Å². The normalized spacial score (nSPS) is 11.7. The lowest BCUT2D eigenvalue weighted by Crippen LogP contribution is -1.93. The highest BCUT2D eigenvalue weighted by molar-refractivity contribution is 7.26. The highest BCUT2D eigenvalue weighted by Crippen LogP contribution is 2.39. The minimum absolute atomic E-state index is 1.09. The summed E-state index contributed by atoms with van der Waals surface area (Å²) in [5.41, 5.74) is 9.59. The van der Waals surface area contributed by atoms with E-state index in [2.05, 4.69) is 132 Å². The van der Waals surface area contributed by atoms with Gasteiger partial charge in [0.15, 0.2) is 0 Å². The molecule has 3 heteroatoms. The predicted octanol–water partition coefficient (Wildman–Crippen LogP) is 9.88. The first kappa shape index (κ1) is 21.4. The van der Waals surface area contributed by atoms with Crippen LogP contribution >= 0.6 is 11.3 Å². The van der Waals surface area contributed by atoms with Crippen LogP contribution in [0, 0.1) is 0 Å². The largest absolute Gasteiger partial charge is 0.309 e. The monoisotopic (exact) mass is 502 g/mol. The molecule has 3 heterocycles. The Morgan fingerprint density at radius 1 is 0.526 bits per heavy atom. The fraction of sp³-hybridized carbons (Fsp3) is 0. The third kappa shape index (κ3) is 3.22. The minimum atomic E-state index is 1.09. The van der Waals surface area contributed by atoms with Crippen LogP contribution in [-0.2, 0) is 0 Å². The van der Waals surface area contributed by atoms with E-state index in [1.165, 1.54) is 64.5 Å². The van der Waals surface area contributed by atoms with Crippen molar-refractivity contribution in [2.75, 3.05) is 0 Å². The molecule has 0 amide bonds. The molecule has 0 saturated carbocycles. The minimum Gasteiger partial charge on any atom is -0.309 e. The molecule has 38 heavy (non-hydrogen) atoms. The van der Waals surface area contributed by atoms with Gasteiger partial charge in [-0.3, -0.25) is 4.98 Å². The van der Waals surface area contributed by atoms with E-state index in [9.17, 15) is 0 Å². The summed E-state index contributed by atoms with van der Waals surface area (Å²) in [5, 5.41) is 3.79. The Hall–Kier alpha value is -4.73. The molecule has 0 radical (unpaired) electrons. The molecule has 0 fully saturated rings. The molecule has 0 aliphatic rings. The molecule has 0 N–H and O–H groups in total. The smallest absolute Gasteiger partial charge is 0.0894 e. The van der Waals surface area contributed by atoms with Crippen LogP contribution in [-0.4, -0.2) is 9.55 Å². The summed E-state index contributed by atoms with van der Waals surface area (Å²) in [6.45, 7) is 0. The van der Waals surface area contributed by atoms with Crippen molar-refractivity contribution in [1.82, 2.24) is 9.55 Å². The predicted molar refractivity (Wildman–Crippen MR) is 162 cm³/mol. The molecule has 0 aliphatic heterocycles. The average molecular weight is 503 g/mol. The van der Waals surface area contributed by atoms with Crippen LogP contribution in [0.1, 0.15) is 0 Å². The van der Waals surface area contributed by atoms with Gasteiger partial charge in [-0.2, -0.15) is 0 Å². The van der Waals surface area contributed by atoms with E-state index in [0.717, 1.165) is 5.52 Å². The lowest BCUT2D eigenvalue weighted by atomic mass is 9.99. The van der Waals surface area contributed by atoms with Gasteiger partial charge in [0.2, 0.25) is 0 Å². The number of benzene rings is 5. The van der Waals surface area contributed by atoms with Gasteiger partial charge in [-0.25, -0.2) is 0 Å².